The number of anilines is 1. The summed E-state index contributed by atoms with van der Waals surface area (Å²) in [5.41, 5.74) is 1.72. The Hall–Kier alpha value is -1.11. The van der Waals surface area contributed by atoms with Crippen molar-refractivity contribution in [2.24, 2.45) is 5.14 Å². The van der Waals surface area contributed by atoms with Crippen LogP contribution in [0.5, 0.6) is 0 Å². The molecule has 0 unspecified atom stereocenters. The molecule has 0 heterocycles. The monoisotopic (exact) mass is 355 g/mol. The third-order valence-corrected chi connectivity index (χ3v) is 4.70. The number of rotatable bonds is 13. The van der Waals surface area contributed by atoms with Crippen LogP contribution in [0.2, 0.25) is 0 Å². The minimum Gasteiger partial charge on any atom is -0.304 e. The second-order valence-electron chi connectivity index (χ2n) is 6.30. The molecule has 0 atom stereocenters. The van der Waals surface area contributed by atoms with Crippen LogP contribution in [-0.2, 0) is 16.6 Å². The standard InChI is InChI=1S/C18H33N3O2S/c1-3-5-6-7-8-15-21(4-2)16-9-10-17-11-13-18(14-12-17)20-24(19,22)23/h11-14,20H,3-10,15-16H2,1-2H3,(H2,19,22,23). The molecule has 0 aromatic heterocycles. The van der Waals surface area contributed by atoms with Crippen molar-refractivity contribution in [3.63, 3.8) is 0 Å². The summed E-state index contributed by atoms with van der Waals surface area (Å²) in [7, 11) is -3.69. The Morgan fingerprint density at radius 1 is 0.958 bits per heavy atom. The summed E-state index contributed by atoms with van der Waals surface area (Å²) < 4.78 is 24.2. The number of nitrogens with one attached hydrogen (secondary N) is 1. The highest BCUT2D eigenvalue weighted by Gasteiger charge is 2.04. The highest BCUT2D eigenvalue weighted by atomic mass is 32.2. The number of hydrogen-bond donors (Lipinski definition) is 2. The molecule has 0 aliphatic rings. The Morgan fingerprint density at radius 2 is 1.58 bits per heavy atom. The lowest BCUT2D eigenvalue weighted by molar-refractivity contribution is 0.277. The van der Waals surface area contributed by atoms with Crippen molar-refractivity contribution in [2.45, 2.75) is 58.8 Å². The summed E-state index contributed by atoms with van der Waals surface area (Å²) >= 11 is 0. The average molecular weight is 356 g/mol. The van der Waals surface area contributed by atoms with Gasteiger partial charge in [0.15, 0.2) is 0 Å². The summed E-state index contributed by atoms with van der Waals surface area (Å²) in [6.07, 6.45) is 8.75. The Kier molecular flexibility index (Phi) is 9.98. The molecular formula is C18H33N3O2S. The largest absolute Gasteiger partial charge is 0.304 e. The summed E-state index contributed by atoms with van der Waals surface area (Å²) in [5, 5.41) is 4.96. The van der Waals surface area contributed by atoms with E-state index < -0.39 is 10.2 Å². The molecule has 3 N–H and O–H groups in total. The Labute approximate surface area is 147 Å². The van der Waals surface area contributed by atoms with Crippen LogP contribution in [-0.4, -0.2) is 33.0 Å². The first-order valence-corrected chi connectivity index (χ1v) is 10.6. The van der Waals surface area contributed by atoms with Gasteiger partial charge in [0.2, 0.25) is 0 Å². The maximum atomic E-state index is 11.0. The van der Waals surface area contributed by atoms with Crippen molar-refractivity contribution in [3.8, 4) is 0 Å². The topological polar surface area (TPSA) is 75.4 Å². The van der Waals surface area contributed by atoms with Crippen molar-refractivity contribution in [3.05, 3.63) is 29.8 Å². The maximum absolute atomic E-state index is 11.0. The molecule has 1 rings (SSSR count). The number of nitrogens with two attached hydrogens (primary N) is 1. The first-order valence-electron chi connectivity index (χ1n) is 9.06. The molecule has 1 aromatic rings. The van der Waals surface area contributed by atoms with Gasteiger partial charge in [-0.15, -0.1) is 0 Å². The van der Waals surface area contributed by atoms with Crippen LogP contribution in [0, 0.1) is 0 Å². The molecule has 24 heavy (non-hydrogen) atoms. The van der Waals surface area contributed by atoms with E-state index in [-0.39, 0.29) is 0 Å². The molecule has 0 radical (unpaired) electrons. The normalized spacial score (nSPS) is 11.8. The van der Waals surface area contributed by atoms with Gasteiger partial charge >= 0.3 is 0 Å². The van der Waals surface area contributed by atoms with E-state index in [0.29, 0.717) is 5.69 Å². The van der Waals surface area contributed by atoms with E-state index in [1.54, 1.807) is 12.1 Å². The van der Waals surface area contributed by atoms with Gasteiger partial charge in [-0.05, 0) is 56.6 Å². The van der Waals surface area contributed by atoms with Crippen molar-refractivity contribution in [1.82, 2.24) is 4.90 Å². The Bertz CT molecular complexity index is 544. The van der Waals surface area contributed by atoms with Crippen LogP contribution < -0.4 is 9.86 Å². The number of hydrogen-bond acceptors (Lipinski definition) is 3. The van der Waals surface area contributed by atoms with Crippen molar-refractivity contribution >= 4 is 15.9 Å². The second kappa shape index (κ2) is 11.4. The van der Waals surface area contributed by atoms with E-state index in [9.17, 15) is 8.42 Å². The average Bonchev–Trinajstić information content (AvgIpc) is 2.53. The second-order valence-corrected chi connectivity index (χ2v) is 7.59. The van der Waals surface area contributed by atoms with Crippen LogP contribution in [0.25, 0.3) is 0 Å². The van der Waals surface area contributed by atoms with Crippen LogP contribution in [0.4, 0.5) is 5.69 Å². The molecule has 0 amide bonds. The highest BCUT2D eigenvalue weighted by Crippen LogP contribution is 2.12. The number of aryl methyl sites for hydroxylation is 1. The maximum Gasteiger partial charge on any atom is 0.296 e. The zero-order valence-electron chi connectivity index (χ0n) is 15.1. The molecule has 0 saturated heterocycles. The van der Waals surface area contributed by atoms with Crippen molar-refractivity contribution in [2.75, 3.05) is 24.4 Å². The molecule has 1 aromatic carbocycles. The molecule has 5 nitrogen and oxygen atoms in total. The number of unbranched alkanes of at least 4 members (excludes halogenated alkanes) is 4. The summed E-state index contributed by atoms with van der Waals surface area (Å²) in [6, 6.07) is 7.42. The Balaban J connectivity index is 2.27. The zero-order chi connectivity index (χ0) is 17.8. The first-order chi connectivity index (χ1) is 11.4. The van der Waals surface area contributed by atoms with Crippen LogP contribution in [0.1, 0.15) is 57.9 Å². The third-order valence-electron chi connectivity index (χ3n) is 4.18. The molecule has 0 aliphatic carbocycles. The summed E-state index contributed by atoms with van der Waals surface area (Å²) in [5.74, 6) is 0. The lowest BCUT2D eigenvalue weighted by Gasteiger charge is -2.20. The number of benzene rings is 1. The SMILES string of the molecule is CCCCCCCN(CC)CCCc1ccc(NS(N)(=O)=O)cc1. The quantitative estimate of drug-likeness (QED) is 0.532. The van der Waals surface area contributed by atoms with E-state index in [0.717, 1.165) is 25.9 Å². The highest BCUT2D eigenvalue weighted by molar-refractivity contribution is 7.90. The van der Waals surface area contributed by atoms with Gasteiger partial charge in [0.05, 0.1) is 0 Å². The van der Waals surface area contributed by atoms with Gasteiger partial charge in [-0.3, -0.25) is 4.72 Å². The van der Waals surface area contributed by atoms with Gasteiger partial charge in [-0.25, -0.2) is 5.14 Å². The lowest BCUT2D eigenvalue weighted by Crippen LogP contribution is -2.26. The van der Waals surface area contributed by atoms with Gasteiger partial charge in [0.1, 0.15) is 0 Å². The van der Waals surface area contributed by atoms with Gasteiger partial charge in [0.25, 0.3) is 10.2 Å². The van der Waals surface area contributed by atoms with Crippen LogP contribution in [0.15, 0.2) is 24.3 Å². The van der Waals surface area contributed by atoms with Crippen LogP contribution in [0.3, 0.4) is 0 Å². The van der Waals surface area contributed by atoms with Gasteiger partial charge < -0.3 is 4.90 Å². The lowest BCUT2D eigenvalue weighted by atomic mass is 10.1. The smallest absolute Gasteiger partial charge is 0.296 e. The third kappa shape index (κ3) is 9.90. The predicted molar refractivity (Wildman–Crippen MR) is 102 cm³/mol. The van der Waals surface area contributed by atoms with E-state index in [1.165, 1.54) is 44.2 Å². The fraction of sp³-hybridized carbons (Fsp3) is 0.667. The van der Waals surface area contributed by atoms with Gasteiger partial charge in [0, 0.05) is 5.69 Å². The van der Waals surface area contributed by atoms with E-state index >= 15 is 0 Å². The number of nitrogens with zero attached hydrogens (tertiary/aromatic N) is 1. The molecule has 0 bridgehead atoms. The summed E-state index contributed by atoms with van der Waals surface area (Å²) in [6.45, 7) is 7.87. The fourth-order valence-corrected chi connectivity index (χ4v) is 3.24. The van der Waals surface area contributed by atoms with E-state index in [4.69, 9.17) is 5.14 Å². The molecule has 138 valence electrons. The van der Waals surface area contributed by atoms with E-state index in [2.05, 4.69) is 23.5 Å². The minimum absolute atomic E-state index is 0.503. The summed E-state index contributed by atoms with van der Waals surface area (Å²) in [4.78, 5) is 2.52. The fourth-order valence-electron chi connectivity index (χ4n) is 2.78. The van der Waals surface area contributed by atoms with Crippen molar-refractivity contribution in [1.29, 1.82) is 0 Å². The Morgan fingerprint density at radius 3 is 2.17 bits per heavy atom. The molecule has 0 fully saturated rings. The van der Waals surface area contributed by atoms with Gasteiger partial charge in [-0.1, -0.05) is 51.7 Å². The first kappa shape index (κ1) is 20.9. The van der Waals surface area contributed by atoms with Crippen LogP contribution >= 0.6 is 0 Å². The zero-order valence-corrected chi connectivity index (χ0v) is 15.9. The predicted octanol–water partition coefficient (Wildman–Crippen LogP) is 3.53. The molecule has 0 saturated carbocycles. The molecule has 0 aliphatic heterocycles. The molecule has 6 heteroatoms. The minimum atomic E-state index is -3.69. The molecule has 0 spiro atoms. The molecular weight excluding hydrogens is 322 g/mol. The van der Waals surface area contributed by atoms with Crippen molar-refractivity contribution < 1.29 is 8.42 Å². The van der Waals surface area contributed by atoms with Gasteiger partial charge in [-0.2, -0.15) is 8.42 Å². The van der Waals surface area contributed by atoms with E-state index in [1.807, 2.05) is 12.1 Å².